The summed E-state index contributed by atoms with van der Waals surface area (Å²) in [5.41, 5.74) is 0. The molecule has 0 fully saturated rings. The highest BCUT2D eigenvalue weighted by molar-refractivity contribution is 6.89. The largest absolute Gasteiger partial charge is 0.300 e. The zero-order valence-electron chi connectivity index (χ0n) is 10.8. The molecular weight excluding hydrogens is 212 g/mol. The molecule has 1 rings (SSSR count). The van der Waals surface area contributed by atoms with Crippen LogP contribution in [0.25, 0.3) is 0 Å². The van der Waals surface area contributed by atoms with Gasteiger partial charge in [0.2, 0.25) is 0 Å². The molecule has 1 unspecified atom stereocenters. The summed E-state index contributed by atoms with van der Waals surface area (Å²) in [5, 5.41) is 1.49. The van der Waals surface area contributed by atoms with Gasteiger partial charge in [-0.15, -0.1) is 0 Å². The van der Waals surface area contributed by atoms with Crippen molar-refractivity contribution in [3.8, 4) is 0 Å². The molecule has 16 heavy (non-hydrogen) atoms. The van der Waals surface area contributed by atoms with Gasteiger partial charge in [-0.1, -0.05) is 61.6 Å². The second-order valence-corrected chi connectivity index (χ2v) is 10.1. The molecule has 0 spiro atoms. The summed E-state index contributed by atoms with van der Waals surface area (Å²) >= 11 is 0. The Kier molecular flexibility index (Phi) is 4.48. The SMILES string of the molecule is CC(=O)C(C)CC[Si](C)(C)c1ccccc1. The molecular formula is C14H22OSi. The van der Waals surface area contributed by atoms with Gasteiger partial charge in [0, 0.05) is 5.92 Å². The minimum Gasteiger partial charge on any atom is -0.300 e. The van der Waals surface area contributed by atoms with Crippen molar-refractivity contribution in [3.63, 3.8) is 0 Å². The van der Waals surface area contributed by atoms with E-state index in [1.165, 1.54) is 11.2 Å². The minimum absolute atomic E-state index is 0.218. The van der Waals surface area contributed by atoms with E-state index in [2.05, 4.69) is 43.4 Å². The van der Waals surface area contributed by atoms with Gasteiger partial charge in [0.25, 0.3) is 0 Å². The highest BCUT2D eigenvalue weighted by Crippen LogP contribution is 2.17. The molecule has 0 saturated carbocycles. The van der Waals surface area contributed by atoms with Crippen molar-refractivity contribution in [1.82, 2.24) is 0 Å². The summed E-state index contributed by atoms with van der Waals surface area (Å²) < 4.78 is 0. The number of carbonyl (C=O) groups is 1. The van der Waals surface area contributed by atoms with Crippen molar-refractivity contribution in [2.45, 2.75) is 39.4 Å². The van der Waals surface area contributed by atoms with Gasteiger partial charge in [-0.05, 0) is 13.3 Å². The van der Waals surface area contributed by atoms with E-state index in [1.54, 1.807) is 6.92 Å². The Bertz CT molecular complexity index is 343. The van der Waals surface area contributed by atoms with Crippen molar-refractivity contribution < 1.29 is 4.79 Å². The van der Waals surface area contributed by atoms with E-state index in [1.807, 2.05) is 6.92 Å². The van der Waals surface area contributed by atoms with Gasteiger partial charge >= 0.3 is 0 Å². The maximum atomic E-state index is 11.2. The lowest BCUT2D eigenvalue weighted by atomic mass is 10.1. The fourth-order valence-electron chi connectivity index (χ4n) is 1.81. The van der Waals surface area contributed by atoms with Crippen LogP contribution in [0.3, 0.4) is 0 Å². The van der Waals surface area contributed by atoms with E-state index < -0.39 is 8.07 Å². The number of Topliss-reactive ketones (excluding diaryl/α,β-unsaturated/α-hetero) is 1. The Morgan fingerprint density at radius 1 is 1.25 bits per heavy atom. The molecule has 0 amide bonds. The summed E-state index contributed by atoms with van der Waals surface area (Å²) in [7, 11) is -1.34. The lowest BCUT2D eigenvalue weighted by Gasteiger charge is -2.24. The molecule has 1 atom stereocenters. The summed E-state index contributed by atoms with van der Waals surface area (Å²) in [6.07, 6.45) is 1.03. The fourth-order valence-corrected chi connectivity index (χ4v) is 4.35. The number of ketones is 1. The predicted molar refractivity (Wildman–Crippen MR) is 72.8 cm³/mol. The monoisotopic (exact) mass is 234 g/mol. The highest BCUT2D eigenvalue weighted by Gasteiger charge is 2.24. The molecule has 0 aliphatic rings. The van der Waals surface area contributed by atoms with E-state index in [-0.39, 0.29) is 5.92 Å². The molecule has 0 aliphatic carbocycles. The topological polar surface area (TPSA) is 17.1 Å². The number of hydrogen-bond acceptors (Lipinski definition) is 1. The second-order valence-electron chi connectivity index (χ2n) is 5.30. The van der Waals surface area contributed by atoms with Gasteiger partial charge in [-0.25, -0.2) is 0 Å². The van der Waals surface area contributed by atoms with Crippen LogP contribution in [0.4, 0.5) is 0 Å². The number of rotatable bonds is 5. The molecule has 0 radical (unpaired) electrons. The highest BCUT2D eigenvalue weighted by atomic mass is 28.3. The molecule has 1 aromatic carbocycles. The molecule has 0 bridgehead atoms. The third-order valence-corrected chi connectivity index (χ3v) is 6.89. The first kappa shape index (κ1) is 13.2. The van der Waals surface area contributed by atoms with Crippen molar-refractivity contribution in [1.29, 1.82) is 0 Å². The Morgan fingerprint density at radius 2 is 1.81 bits per heavy atom. The maximum Gasteiger partial charge on any atom is 0.132 e. The van der Waals surface area contributed by atoms with E-state index in [4.69, 9.17) is 0 Å². The number of benzene rings is 1. The zero-order valence-corrected chi connectivity index (χ0v) is 11.8. The van der Waals surface area contributed by atoms with E-state index in [9.17, 15) is 4.79 Å². The van der Waals surface area contributed by atoms with Crippen LogP contribution in [-0.2, 0) is 4.79 Å². The summed E-state index contributed by atoms with van der Waals surface area (Å²) in [6.45, 7) is 8.50. The molecule has 1 nitrogen and oxygen atoms in total. The molecule has 0 saturated heterocycles. The van der Waals surface area contributed by atoms with Crippen LogP contribution in [0.2, 0.25) is 19.1 Å². The van der Waals surface area contributed by atoms with Crippen LogP contribution < -0.4 is 5.19 Å². The van der Waals surface area contributed by atoms with Gasteiger partial charge in [-0.3, -0.25) is 4.79 Å². The maximum absolute atomic E-state index is 11.2. The quantitative estimate of drug-likeness (QED) is 0.715. The van der Waals surface area contributed by atoms with E-state index in [0.717, 1.165) is 6.42 Å². The van der Waals surface area contributed by atoms with Crippen LogP contribution in [0.1, 0.15) is 20.3 Å². The average molecular weight is 234 g/mol. The predicted octanol–water partition coefficient (Wildman–Crippen LogP) is 3.22. The third-order valence-electron chi connectivity index (χ3n) is 3.45. The molecule has 0 heterocycles. The van der Waals surface area contributed by atoms with Gasteiger partial charge < -0.3 is 0 Å². The molecule has 0 N–H and O–H groups in total. The van der Waals surface area contributed by atoms with Crippen molar-refractivity contribution >= 4 is 19.0 Å². The molecule has 1 aromatic rings. The molecule has 2 heteroatoms. The Balaban J connectivity index is 2.62. The first-order valence-corrected chi connectivity index (χ1v) is 9.20. The number of hydrogen-bond donors (Lipinski definition) is 0. The van der Waals surface area contributed by atoms with Crippen molar-refractivity contribution in [2.24, 2.45) is 5.92 Å². The van der Waals surface area contributed by atoms with Crippen LogP contribution in [-0.4, -0.2) is 13.9 Å². The van der Waals surface area contributed by atoms with Crippen LogP contribution in [0.15, 0.2) is 30.3 Å². The van der Waals surface area contributed by atoms with E-state index in [0.29, 0.717) is 5.78 Å². The van der Waals surface area contributed by atoms with Crippen molar-refractivity contribution in [3.05, 3.63) is 30.3 Å². The second kappa shape index (κ2) is 5.44. The molecule has 0 aliphatic heterocycles. The Hall–Kier alpha value is -0.893. The van der Waals surface area contributed by atoms with Crippen LogP contribution in [0, 0.1) is 5.92 Å². The summed E-state index contributed by atoms with van der Waals surface area (Å²) in [6, 6.07) is 11.9. The molecule has 88 valence electrons. The first-order chi connectivity index (χ1) is 7.43. The lowest BCUT2D eigenvalue weighted by molar-refractivity contribution is -0.120. The standard InChI is InChI=1S/C14H22OSi/c1-12(13(2)15)10-11-16(3,4)14-8-6-5-7-9-14/h5-9,12H,10-11H2,1-4H3. The fraction of sp³-hybridized carbons (Fsp3) is 0.500. The van der Waals surface area contributed by atoms with Gasteiger partial charge in [-0.2, -0.15) is 0 Å². The van der Waals surface area contributed by atoms with Crippen LogP contribution in [0.5, 0.6) is 0 Å². The zero-order chi connectivity index (χ0) is 12.2. The van der Waals surface area contributed by atoms with Gasteiger partial charge in [0.15, 0.2) is 0 Å². The Morgan fingerprint density at radius 3 is 2.31 bits per heavy atom. The van der Waals surface area contributed by atoms with Crippen LogP contribution >= 0.6 is 0 Å². The normalized spacial score (nSPS) is 13.5. The molecule has 0 aromatic heterocycles. The van der Waals surface area contributed by atoms with Crippen molar-refractivity contribution in [2.75, 3.05) is 0 Å². The lowest BCUT2D eigenvalue weighted by Crippen LogP contribution is -2.41. The summed E-state index contributed by atoms with van der Waals surface area (Å²) in [5.74, 6) is 0.536. The van der Waals surface area contributed by atoms with Gasteiger partial charge in [0.05, 0.1) is 8.07 Å². The first-order valence-electron chi connectivity index (χ1n) is 5.99. The summed E-state index contributed by atoms with van der Waals surface area (Å²) in [4.78, 5) is 11.2. The minimum atomic E-state index is -1.34. The number of carbonyl (C=O) groups excluding carboxylic acids is 1. The van der Waals surface area contributed by atoms with E-state index >= 15 is 0 Å². The Labute approximate surface area is 99.9 Å². The van der Waals surface area contributed by atoms with Gasteiger partial charge in [0.1, 0.15) is 5.78 Å². The average Bonchev–Trinajstić information content (AvgIpc) is 2.27. The smallest absolute Gasteiger partial charge is 0.132 e. The third kappa shape index (κ3) is 3.60.